The van der Waals surface area contributed by atoms with Crippen molar-refractivity contribution in [3.05, 3.63) is 177 Å². The number of hydrogen-bond donors (Lipinski definition) is 1. The van der Waals surface area contributed by atoms with Crippen LogP contribution >= 0.6 is 0 Å². The van der Waals surface area contributed by atoms with Gasteiger partial charge in [0.25, 0.3) is 0 Å². The van der Waals surface area contributed by atoms with Crippen LogP contribution in [-0.2, 0) is 53.1 Å². The zero-order chi connectivity index (χ0) is 53.3. The van der Waals surface area contributed by atoms with Crippen molar-refractivity contribution in [1.82, 2.24) is 0 Å². The van der Waals surface area contributed by atoms with Gasteiger partial charge in [-0.1, -0.05) is 91.0 Å². The summed E-state index contributed by atoms with van der Waals surface area (Å²) in [6.07, 6.45) is -2.08. The molecule has 75 heavy (non-hydrogen) atoms. The number of aliphatic hydroxyl groups excluding tert-OH is 1. The third-order valence-corrected chi connectivity index (χ3v) is 11.7. The Balaban J connectivity index is 0.000000164. The van der Waals surface area contributed by atoms with Crippen molar-refractivity contribution in [3.63, 3.8) is 0 Å². The van der Waals surface area contributed by atoms with Gasteiger partial charge in [0, 0.05) is 16.7 Å². The summed E-state index contributed by atoms with van der Waals surface area (Å²) in [6, 6.07) is 38.2. The number of fused-ring (bicyclic) bond motifs is 3. The number of benzene rings is 6. The highest BCUT2D eigenvalue weighted by Crippen LogP contribution is 2.40. The SMILES string of the molecule is CCOC(=O)C1COc2c(ccc(C(=O)OCc3ccccc3)c2C)O1.CCOC(=O)C1COc2ccc(C(=O)OCc3ccccc3)c(C)c2O1.Cc1c(C(=O)OCc2ccccc2)ccc2c1O[C@@H](CO)CO2. The second kappa shape index (κ2) is 26.4. The first-order chi connectivity index (χ1) is 36.4. The third kappa shape index (κ3) is 14.1. The lowest BCUT2D eigenvalue weighted by Gasteiger charge is -2.27. The number of carbonyl (C=O) groups is 5. The Morgan fingerprint density at radius 2 is 0.813 bits per heavy atom. The van der Waals surface area contributed by atoms with Gasteiger partial charge >= 0.3 is 29.8 Å². The summed E-state index contributed by atoms with van der Waals surface area (Å²) in [5.74, 6) is 0.496. The van der Waals surface area contributed by atoms with Gasteiger partial charge in [0.1, 0.15) is 39.6 Å². The molecule has 0 aliphatic carbocycles. The number of ether oxygens (including phenoxy) is 11. The second-order valence-corrected chi connectivity index (χ2v) is 17.0. The molecule has 0 radical (unpaired) electrons. The minimum Gasteiger partial charge on any atom is -0.486 e. The number of carbonyl (C=O) groups excluding carboxylic acids is 5. The topological polar surface area (TPSA) is 207 Å². The maximum absolute atomic E-state index is 12.4. The molecule has 0 fully saturated rings. The van der Waals surface area contributed by atoms with Crippen LogP contribution in [-0.4, -0.2) is 92.9 Å². The van der Waals surface area contributed by atoms with Crippen LogP contribution in [0.25, 0.3) is 0 Å². The van der Waals surface area contributed by atoms with E-state index in [2.05, 4.69) is 0 Å². The van der Waals surface area contributed by atoms with Gasteiger partial charge < -0.3 is 57.2 Å². The van der Waals surface area contributed by atoms with Crippen molar-refractivity contribution in [2.45, 2.75) is 72.8 Å². The molecule has 1 N–H and O–H groups in total. The van der Waals surface area contributed by atoms with Crippen LogP contribution in [0.4, 0.5) is 0 Å². The summed E-state index contributed by atoms with van der Waals surface area (Å²) in [5, 5.41) is 9.20. The predicted octanol–water partition coefficient (Wildman–Crippen LogP) is 8.59. The van der Waals surface area contributed by atoms with Gasteiger partial charge in [-0.05, 0) is 87.7 Å². The van der Waals surface area contributed by atoms with Crippen LogP contribution in [0.15, 0.2) is 127 Å². The van der Waals surface area contributed by atoms with Crippen LogP contribution in [0, 0.1) is 20.8 Å². The van der Waals surface area contributed by atoms with E-state index in [1.54, 1.807) is 71.0 Å². The molecular formula is C58H58O17. The van der Waals surface area contributed by atoms with Gasteiger partial charge in [-0.25, -0.2) is 24.0 Å². The Bertz CT molecular complexity index is 2920. The Labute approximate surface area is 434 Å². The quantitative estimate of drug-likeness (QED) is 0.0800. The van der Waals surface area contributed by atoms with Crippen molar-refractivity contribution in [3.8, 4) is 34.5 Å². The van der Waals surface area contributed by atoms with Gasteiger partial charge in [-0.15, -0.1) is 0 Å². The van der Waals surface area contributed by atoms with E-state index in [4.69, 9.17) is 52.1 Å². The third-order valence-electron chi connectivity index (χ3n) is 11.7. The summed E-state index contributed by atoms with van der Waals surface area (Å²) in [6.45, 7) is 10.1. The van der Waals surface area contributed by atoms with Gasteiger partial charge in [-0.3, -0.25) is 0 Å². The number of hydrogen-bond acceptors (Lipinski definition) is 17. The number of aliphatic hydroxyl groups is 1. The summed E-state index contributed by atoms with van der Waals surface area (Å²) in [4.78, 5) is 60.8. The van der Waals surface area contributed by atoms with Crippen LogP contribution < -0.4 is 28.4 Å². The first kappa shape index (κ1) is 54.2. The van der Waals surface area contributed by atoms with Crippen LogP contribution in [0.5, 0.6) is 34.5 Å². The molecule has 6 aromatic carbocycles. The summed E-state index contributed by atoms with van der Waals surface area (Å²) >= 11 is 0. The minimum atomic E-state index is -0.850. The van der Waals surface area contributed by atoms with Crippen LogP contribution in [0.3, 0.4) is 0 Å². The standard InChI is InChI=1S/2C20H20O6.C18H18O5/c1-3-23-20(22)17-12-24-18-13(2)15(9-10-16(18)26-17)19(21)25-11-14-7-5-4-6-8-14;1-3-23-20(22)17-12-24-16-10-9-15(13(2)18(16)26-17)19(21)25-11-14-7-5-4-6-8-14;1-12-15(18(20)22-10-13-5-3-2-4-6-13)7-8-16-17(12)23-14(9-19)11-21-16/h2*4-10,17H,3,11-12H2,1-2H3;2-8,14,19H,9-11H2,1H3/t;;14-/m..0/s1. The lowest BCUT2D eigenvalue weighted by Crippen LogP contribution is -2.38. The highest BCUT2D eigenvalue weighted by atomic mass is 16.6. The maximum atomic E-state index is 12.4. The molecule has 9 rings (SSSR count). The Hall–Kier alpha value is -8.57. The molecule has 0 spiro atoms. The molecule has 0 bridgehead atoms. The van der Waals surface area contributed by atoms with Crippen molar-refractivity contribution >= 4 is 29.8 Å². The molecule has 0 aromatic heterocycles. The lowest BCUT2D eigenvalue weighted by molar-refractivity contribution is -0.154. The molecule has 17 nitrogen and oxygen atoms in total. The van der Waals surface area contributed by atoms with Crippen molar-refractivity contribution in [1.29, 1.82) is 0 Å². The molecule has 3 aliphatic rings. The predicted molar refractivity (Wildman–Crippen MR) is 270 cm³/mol. The van der Waals surface area contributed by atoms with Gasteiger partial charge in [0.05, 0.1) is 36.5 Å². The fraction of sp³-hybridized carbons (Fsp3) is 0.293. The second-order valence-electron chi connectivity index (χ2n) is 17.0. The highest BCUT2D eigenvalue weighted by molar-refractivity contribution is 5.94. The minimum absolute atomic E-state index is 0.0369. The number of rotatable bonds is 14. The molecule has 0 amide bonds. The average Bonchev–Trinajstić information content (AvgIpc) is 3.44. The van der Waals surface area contributed by atoms with Crippen molar-refractivity contribution in [2.24, 2.45) is 0 Å². The van der Waals surface area contributed by atoms with E-state index in [1.165, 1.54) is 0 Å². The van der Waals surface area contributed by atoms with Crippen LogP contribution in [0.1, 0.15) is 78.3 Å². The molecule has 0 saturated heterocycles. The molecule has 2 unspecified atom stereocenters. The van der Waals surface area contributed by atoms with E-state index in [0.717, 1.165) is 16.7 Å². The van der Waals surface area contributed by atoms with Crippen LogP contribution in [0.2, 0.25) is 0 Å². The smallest absolute Gasteiger partial charge is 0.350 e. The van der Waals surface area contributed by atoms with E-state index in [0.29, 0.717) is 74.5 Å². The molecule has 3 heterocycles. The summed E-state index contributed by atoms with van der Waals surface area (Å²) in [5.41, 5.74) is 5.77. The summed E-state index contributed by atoms with van der Waals surface area (Å²) in [7, 11) is 0. The van der Waals surface area contributed by atoms with Crippen molar-refractivity contribution < 1.29 is 81.2 Å². The van der Waals surface area contributed by atoms with E-state index in [1.807, 2.05) is 91.0 Å². The monoisotopic (exact) mass is 1030 g/mol. The fourth-order valence-electron chi connectivity index (χ4n) is 7.72. The van der Waals surface area contributed by atoms with E-state index >= 15 is 0 Å². The number of esters is 5. The molecule has 6 aromatic rings. The zero-order valence-electron chi connectivity index (χ0n) is 42.2. The van der Waals surface area contributed by atoms with Gasteiger partial charge in [0.15, 0.2) is 40.6 Å². The van der Waals surface area contributed by atoms with E-state index in [9.17, 15) is 29.1 Å². The maximum Gasteiger partial charge on any atom is 0.350 e. The molecule has 3 aliphatic heterocycles. The molecule has 0 saturated carbocycles. The molecule has 3 atom stereocenters. The Morgan fingerprint density at radius 3 is 1.24 bits per heavy atom. The van der Waals surface area contributed by atoms with Gasteiger partial charge in [0.2, 0.25) is 12.2 Å². The highest BCUT2D eigenvalue weighted by Gasteiger charge is 2.33. The Morgan fingerprint density at radius 1 is 0.440 bits per heavy atom. The van der Waals surface area contributed by atoms with Crippen molar-refractivity contribution in [2.75, 3.05) is 39.6 Å². The average molecular weight is 1030 g/mol. The largest absolute Gasteiger partial charge is 0.486 e. The van der Waals surface area contributed by atoms with E-state index < -0.39 is 48.2 Å². The zero-order valence-corrected chi connectivity index (χ0v) is 42.2. The molecule has 17 heteroatoms. The van der Waals surface area contributed by atoms with Gasteiger partial charge in [-0.2, -0.15) is 0 Å². The normalized spacial score (nSPS) is 15.5. The van der Waals surface area contributed by atoms with E-state index in [-0.39, 0.29) is 52.9 Å². The first-order valence-corrected chi connectivity index (χ1v) is 24.2. The molecular weight excluding hydrogens is 969 g/mol. The first-order valence-electron chi connectivity index (χ1n) is 24.2. The fourth-order valence-corrected chi connectivity index (χ4v) is 7.72. The summed E-state index contributed by atoms with van der Waals surface area (Å²) < 4.78 is 59.8. The lowest BCUT2D eigenvalue weighted by atomic mass is 10.1. The Kier molecular flexibility index (Phi) is 19.1. The molecule has 392 valence electrons.